The van der Waals surface area contributed by atoms with Crippen molar-refractivity contribution >= 4 is 0 Å². The molecule has 0 atom stereocenters. The molecule has 0 radical (unpaired) electrons. The van der Waals surface area contributed by atoms with Gasteiger partial charge in [0.1, 0.15) is 13.2 Å². The van der Waals surface area contributed by atoms with E-state index in [0.717, 1.165) is 37.6 Å². The van der Waals surface area contributed by atoms with Gasteiger partial charge in [-0.25, -0.2) is 0 Å². The normalized spacial score (nSPS) is 13.7. The zero-order valence-corrected chi connectivity index (χ0v) is 11.2. The van der Waals surface area contributed by atoms with Crippen LogP contribution in [0.2, 0.25) is 0 Å². The first-order valence-electron chi connectivity index (χ1n) is 6.55. The molecule has 0 aromatic heterocycles. The van der Waals surface area contributed by atoms with E-state index in [1.54, 1.807) is 0 Å². The Morgan fingerprint density at radius 3 is 2.56 bits per heavy atom. The van der Waals surface area contributed by atoms with E-state index in [1.165, 1.54) is 11.1 Å². The van der Waals surface area contributed by atoms with Gasteiger partial charge in [0.15, 0.2) is 11.5 Å². The fraction of sp³-hybridized carbons (Fsp3) is 0.571. The minimum absolute atomic E-state index is 0.644. The number of hydrogen-bond donors (Lipinski definition) is 2. The van der Waals surface area contributed by atoms with Crippen LogP contribution < -0.4 is 20.1 Å². The van der Waals surface area contributed by atoms with E-state index >= 15 is 0 Å². The Balaban J connectivity index is 1.91. The van der Waals surface area contributed by atoms with Crippen molar-refractivity contribution in [2.75, 3.05) is 33.4 Å². The molecule has 4 nitrogen and oxygen atoms in total. The van der Waals surface area contributed by atoms with Crippen molar-refractivity contribution < 1.29 is 9.47 Å². The predicted molar refractivity (Wildman–Crippen MR) is 72.4 cm³/mol. The zero-order chi connectivity index (χ0) is 12.8. The first-order valence-corrected chi connectivity index (χ1v) is 6.55. The lowest BCUT2D eigenvalue weighted by molar-refractivity contribution is 0.171. The lowest BCUT2D eigenvalue weighted by Gasteiger charge is -2.20. The average molecular weight is 250 g/mol. The fourth-order valence-corrected chi connectivity index (χ4v) is 2.04. The highest BCUT2D eigenvalue weighted by Crippen LogP contribution is 2.32. The van der Waals surface area contributed by atoms with Gasteiger partial charge in [0.05, 0.1) is 0 Å². The van der Waals surface area contributed by atoms with Crippen molar-refractivity contribution in [1.29, 1.82) is 0 Å². The summed E-state index contributed by atoms with van der Waals surface area (Å²) in [4.78, 5) is 0. The summed E-state index contributed by atoms with van der Waals surface area (Å²) in [7, 11) is 1.98. The molecule has 0 fully saturated rings. The SMILES string of the molecule is CNCCCNCc1cc2c(cc1C)OCCO2. The van der Waals surface area contributed by atoms with Crippen molar-refractivity contribution in [3.63, 3.8) is 0 Å². The average Bonchev–Trinajstić information content (AvgIpc) is 2.39. The number of benzene rings is 1. The molecule has 0 amide bonds. The van der Waals surface area contributed by atoms with Gasteiger partial charge in [-0.15, -0.1) is 0 Å². The molecular weight excluding hydrogens is 228 g/mol. The van der Waals surface area contributed by atoms with E-state index in [9.17, 15) is 0 Å². The minimum atomic E-state index is 0.644. The van der Waals surface area contributed by atoms with Gasteiger partial charge >= 0.3 is 0 Å². The van der Waals surface area contributed by atoms with Crippen LogP contribution >= 0.6 is 0 Å². The quantitative estimate of drug-likeness (QED) is 0.750. The van der Waals surface area contributed by atoms with Crippen molar-refractivity contribution in [2.45, 2.75) is 19.9 Å². The summed E-state index contributed by atoms with van der Waals surface area (Å²) in [6, 6.07) is 4.16. The van der Waals surface area contributed by atoms with Crippen LogP contribution in [0.15, 0.2) is 12.1 Å². The summed E-state index contributed by atoms with van der Waals surface area (Å²) in [6.07, 6.45) is 1.14. The van der Waals surface area contributed by atoms with E-state index in [1.807, 2.05) is 7.05 Å². The van der Waals surface area contributed by atoms with E-state index < -0.39 is 0 Å². The maximum Gasteiger partial charge on any atom is 0.161 e. The number of fused-ring (bicyclic) bond motifs is 1. The third kappa shape index (κ3) is 3.37. The molecule has 4 heteroatoms. The van der Waals surface area contributed by atoms with Gasteiger partial charge < -0.3 is 20.1 Å². The summed E-state index contributed by atoms with van der Waals surface area (Å²) >= 11 is 0. The smallest absolute Gasteiger partial charge is 0.161 e. The third-order valence-electron chi connectivity index (χ3n) is 3.10. The summed E-state index contributed by atoms with van der Waals surface area (Å²) in [6.45, 7) is 6.36. The molecule has 0 bridgehead atoms. The highest BCUT2D eigenvalue weighted by Gasteiger charge is 2.13. The molecule has 2 N–H and O–H groups in total. The largest absolute Gasteiger partial charge is 0.486 e. The Kier molecular flexibility index (Phi) is 4.84. The molecule has 100 valence electrons. The van der Waals surface area contributed by atoms with Crippen LogP contribution in [0.5, 0.6) is 11.5 Å². The second-order valence-corrected chi connectivity index (χ2v) is 4.56. The van der Waals surface area contributed by atoms with E-state index in [0.29, 0.717) is 13.2 Å². The topological polar surface area (TPSA) is 42.5 Å². The van der Waals surface area contributed by atoms with Crippen LogP contribution in [0.1, 0.15) is 17.5 Å². The Morgan fingerprint density at radius 2 is 1.83 bits per heavy atom. The molecular formula is C14H22N2O2. The first kappa shape index (κ1) is 13.2. The molecule has 18 heavy (non-hydrogen) atoms. The van der Waals surface area contributed by atoms with E-state index in [4.69, 9.17) is 9.47 Å². The van der Waals surface area contributed by atoms with Gasteiger partial charge in [-0.1, -0.05) is 0 Å². The highest BCUT2D eigenvalue weighted by atomic mass is 16.6. The Hall–Kier alpha value is -1.26. The highest BCUT2D eigenvalue weighted by molar-refractivity contribution is 5.47. The first-order chi connectivity index (χ1) is 8.81. The van der Waals surface area contributed by atoms with Gasteiger partial charge in [0.25, 0.3) is 0 Å². The van der Waals surface area contributed by atoms with Gasteiger partial charge in [-0.05, 0) is 56.7 Å². The predicted octanol–water partition coefficient (Wildman–Crippen LogP) is 1.47. The molecule has 1 aromatic rings. The fourth-order valence-electron chi connectivity index (χ4n) is 2.04. The van der Waals surface area contributed by atoms with Crippen molar-refractivity contribution in [1.82, 2.24) is 10.6 Å². The van der Waals surface area contributed by atoms with E-state index in [-0.39, 0.29) is 0 Å². The Morgan fingerprint density at radius 1 is 1.11 bits per heavy atom. The number of hydrogen-bond acceptors (Lipinski definition) is 4. The van der Waals surface area contributed by atoms with Crippen LogP contribution in [-0.2, 0) is 6.54 Å². The molecule has 0 spiro atoms. The number of rotatable bonds is 6. The van der Waals surface area contributed by atoms with Gasteiger partial charge in [-0.2, -0.15) is 0 Å². The monoisotopic (exact) mass is 250 g/mol. The van der Waals surface area contributed by atoms with Crippen molar-refractivity contribution in [3.8, 4) is 11.5 Å². The molecule has 1 heterocycles. The van der Waals surface area contributed by atoms with E-state index in [2.05, 4.69) is 29.7 Å². The number of nitrogens with one attached hydrogen (secondary N) is 2. The molecule has 0 unspecified atom stereocenters. The van der Waals surface area contributed by atoms with Crippen molar-refractivity contribution in [2.24, 2.45) is 0 Å². The molecule has 0 aliphatic carbocycles. The molecule has 1 aliphatic heterocycles. The number of ether oxygens (including phenoxy) is 2. The van der Waals surface area contributed by atoms with Crippen LogP contribution in [-0.4, -0.2) is 33.4 Å². The lowest BCUT2D eigenvalue weighted by Crippen LogP contribution is -2.20. The summed E-state index contributed by atoms with van der Waals surface area (Å²) in [5.74, 6) is 1.75. The second kappa shape index (κ2) is 6.61. The second-order valence-electron chi connectivity index (χ2n) is 4.56. The van der Waals surface area contributed by atoms with Gasteiger partial charge in [0.2, 0.25) is 0 Å². The van der Waals surface area contributed by atoms with Crippen LogP contribution in [0, 0.1) is 6.92 Å². The molecule has 0 saturated carbocycles. The Bertz CT molecular complexity index is 394. The molecule has 2 rings (SSSR count). The maximum atomic E-state index is 5.60. The molecule has 1 aliphatic rings. The van der Waals surface area contributed by atoms with Crippen LogP contribution in [0.25, 0.3) is 0 Å². The van der Waals surface area contributed by atoms with Crippen LogP contribution in [0.4, 0.5) is 0 Å². The zero-order valence-electron chi connectivity index (χ0n) is 11.2. The van der Waals surface area contributed by atoms with Crippen LogP contribution in [0.3, 0.4) is 0 Å². The molecule has 0 saturated heterocycles. The summed E-state index contributed by atoms with van der Waals surface area (Å²) in [5.41, 5.74) is 2.53. The lowest BCUT2D eigenvalue weighted by atomic mass is 10.1. The Labute approximate surface area is 109 Å². The summed E-state index contributed by atoms with van der Waals surface area (Å²) in [5, 5.41) is 6.59. The third-order valence-corrected chi connectivity index (χ3v) is 3.10. The maximum absolute atomic E-state index is 5.60. The standard InChI is InChI=1S/C14H22N2O2/c1-11-8-13-14(18-7-6-17-13)9-12(11)10-16-5-3-4-15-2/h8-9,15-16H,3-7,10H2,1-2H3. The number of aryl methyl sites for hydroxylation is 1. The molecule has 1 aromatic carbocycles. The minimum Gasteiger partial charge on any atom is -0.486 e. The summed E-state index contributed by atoms with van der Waals surface area (Å²) < 4.78 is 11.2. The van der Waals surface area contributed by atoms with Gasteiger partial charge in [-0.3, -0.25) is 0 Å². The van der Waals surface area contributed by atoms with Gasteiger partial charge in [0, 0.05) is 6.54 Å². The van der Waals surface area contributed by atoms with Crippen molar-refractivity contribution in [3.05, 3.63) is 23.3 Å².